The molecule has 1 fully saturated rings. The number of amides is 1. The summed E-state index contributed by atoms with van der Waals surface area (Å²) in [5.74, 6) is 1.09. The molecule has 5 heteroatoms. The highest BCUT2D eigenvalue weighted by atomic mass is 16.5. The minimum Gasteiger partial charge on any atom is -0.497 e. The van der Waals surface area contributed by atoms with Gasteiger partial charge in [0.05, 0.1) is 7.11 Å². The van der Waals surface area contributed by atoms with Crippen molar-refractivity contribution in [3.63, 3.8) is 0 Å². The maximum absolute atomic E-state index is 12.1. The second-order valence-corrected chi connectivity index (χ2v) is 6.46. The molecule has 2 rings (SSSR count). The van der Waals surface area contributed by atoms with Crippen LogP contribution in [-0.4, -0.2) is 43.6 Å². The van der Waals surface area contributed by atoms with Gasteiger partial charge in [0.15, 0.2) is 6.61 Å². The topological polar surface area (TPSA) is 55.8 Å². The zero-order chi connectivity index (χ0) is 17.5. The average molecular weight is 331 g/mol. The minimum absolute atomic E-state index is 0.125. The van der Waals surface area contributed by atoms with Crippen LogP contribution in [0.15, 0.2) is 30.3 Å². The molecule has 1 aliphatic rings. The van der Waals surface area contributed by atoms with Gasteiger partial charge in [-0.1, -0.05) is 26.0 Å². The molecule has 130 valence electrons. The summed E-state index contributed by atoms with van der Waals surface area (Å²) >= 11 is 0. The Kier molecular flexibility index (Phi) is 6.41. The normalized spacial score (nSPS) is 20.9. The zero-order valence-electron chi connectivity index (χ0n) is 14.5. The first-order valence-electron chi connectivity index (χ1n) is 8.24. The van der Waals surface area contributed by atoms with Crippen molar-refractivity contribution >= 4 is 18.0 Å². The van der Waals surface area contributed by atoms with Crippen molar-refractivity contribution in [2.75, 3.05) is 26.8 Å². The van der Waals surface area contributed by atoms with Crippen molar-refractivity contribution in [2.45, 2.75) is 20.3 Å². The second-order valence-electron chi connectivity index (χ2n) is 6.46. The molecule has 1 heterocycles. The minimum atomic E-state index is -0.516. The number of hydrogen-bond acceptors (Lipinski definition) is 4. The van der Waals surface area contributed by atoms with E-state index in [0.717, 1.165) is 30.8 Å². The second kappa shape index (κ2) is 8.52. The molecule has 1 amide bonds. The van der Waals surface area contributed by atoms with E-state index in [1.165, 1.54) is 6.08 Å². The molecular weight excluding hydrogens is 306 g/mol. The summed E-state index contributed by atoms with van der Waals surface area (Å²) in [6, 6.07) is 7.30. The summed E-state index contributed by atoms with van der Waals surface area (Å²) in [4.78, 5) is 25.7. The molecule has 24 heavy (non-hydrogen) atoms. The number of carbonyl (C=O) groups is 2. The van der Waals surface area contributed by atoms with Gasteiger partial charge in [-0.2, -0.15) is 0 Å². The molecule has 0 spiro atoms. The highest BCUT2D eigenvalue weighted by Gasteiger charge is 2.25. The van der Waals surface area contributed by atoms with Crippen molar-refractivity contribution in [1.29, 1.82) is 0 Å². The molecule has 1 aromatic carbocycles. The Morgan fingerprint density at radius 2 is 1.79 bits per heavy atom. The lowest BCUT2D eigenvalue weighted by atomic mass is 9.92. The fraction of sp³-hybridized carbons (Fsp3) is 0.474. The SMILES string of the molecule is COc1ccc(C=CC(=O)OCC(=O)N2CC(C)CC(C)C2)cc1. The van der Waals surface area contributed by atoms with Crippen LogP contribution in [0.1, 0.15) is 25.8 Å². The van der Waals surface area contributed by atoms with E-state index < -0.39 is 5.97 Å². The van der Waals surface area contributed by atoms with Gasteiger partial charge in [0.2, 0.25) is 0 Å². The summed E-state index contributed by atoms with van der Waals surface area (Å²) < 4.78 is 10.1. The van der Waals surface area contributed by atoms with Gasteiger partial charge in [0, 0.05) is 19.2 Å². The standard InChI is InChI=1S/C19H25NO4/c1-14-10-15(2)12-20(11-14)18(21)13-24-19(22)9-6-16-4-7-17(23-3)8-5-16/h4-9,14-15H,10-13H2,1-3H3. The Morgan fingerprint density at radius 1 is 1.17 bits per heavy atom. The molecule has 0 N–H and O–H groups in total. The summed E-state index contributed by atoms with van der Waals surface area (Å²) in [7, 11) is 1.60. The molecule has 0 aliphatic carbocycles. The van der Waals surface area contributed by atoms with E-state index in [1.54, 1.807) is 18.1 Å². The van der Waals surface area contributed by atoms with Crippen LogP contribution in [0.5, 0.6) is 5.75 Å². The molecule has 2 atom stereocenters. The van der Waals surface area contributed by atoms with E-state index in [9.17, 15) is 9.59 Å². The number of rotatable bonds is 5. The van der Waals surface area contributed by atoms with Crippen molar-refractivity contribution in [1.82, 2.24) is 4.90 Å². The average Bonchev–Trinajstić information content (AvgIpc) is 2.57. The van der Waals surface area contributed by atoms with E-state index in [0.29, 0.717) is 11.8 Å². The van der Waals surface area contributed by atoms with Crippen LogP contribution >= 0.6 is 0 Å². The quantitative estimate of drug-likeness (QED) is 0.615. The van der Waals surface area contributed by atoms with Gasteiger partial charge in [-0.15, -0.1) is 0 Å². The number of carbonyl (C=O) groups excluding carboxylic acids is 2. The van der Waals surface area contributed by atoms with Crippen molar-refractivity contribution in [3.05, 3.63) is 35.9 Å². The van der Waals surface area contributed by atoms with Crippen LogP contribution in [-0.2, 0) is 14.3 Å². The first-order valence-corrected chi connectivity index (χ1v) is 8.24. The summed E-state index contributed by atoms with van der Waals surface area (Å²) in [6.07, 6.45) is 4.11. The van der Waals surface area contributed by atoms with Gasteiger partial charge in [-0.05, 0) is 42.0 Å². The number of ether oxygens (including phenoxy) is 2. The molecule has 0 aromatic heterocycles. The zero-order valence-corrected chi connectivity index (χ0v) is 14.5. The summed E-state index contributed by atoms with van der Waals surface area (Å²) in [5.41, 5.74) is 0.859. The smallest absolute Gasteiger partial charge is 0.331 e. The maximum atomic E-state index is 12.1. The first-order chi connectivity index (χ1) is 11.5. The van der Waals surface area contributed by atoms with Crippen LogP contribution in [0.2, 0.25) is 0 Å². The number of piperidine rings is 1. The molecule has 0 radical (unpaired) electrons. The number of methoxy groups -OCH3 is 1. The highest BCUT2D eigenvalue weighted by molar-refractivity contribution is 5.89. The third-order valence-electron chi connectivity index (χ3n) is 4.09. The predicted molar refractivity (Wildman–Crippen MR) is 92.5 cm³/mol. The van der Waals surface area contributed by atoms with Gasteiger partial charge < -0.3 is 14.4 Å². The number of benzene rings is 1. The predicted octanol–water partition coefficient (Wildman–Crippen LogP) is 2.76. The van der Waals surface area contributed by atoms with E-state index in [1.807, 2.05) is 24.3 Å². The van der Waals surface area contributed by atoms with Crippen LogP contribution in [0, 0.1) is 11.8 Å². The van der Waals surface area contributed by atoms with Crippen LogP contribution < -0.4 is 4.74 Å². The molecule has 0 saturated carbocycles. The van der Waals surface area contributed by atoms with Gasteiger partial charge >= 0.3 is 5.97 Å². The van der Waals surface area contributed by atoms with Crippen LogP contribution in [0.3, 0.4) is 0 Å². The molecule has 1 aliphatic heterocycles. The number of nitrogens with zero attached hydrogens (tertiary/aromatic N) is 1. The Bertz CT molecular complexity index is 584. The van der Waals surface area contributed by atoms with Gasteiger partial charge in [-0.3, -0.25) is 4.79 Å². The largest absolute Gasteiger partial charge is 0.497 e. The van der Waals surface area contributed by atoms with Crippen LogP contribution in [0.4, 0.5) is 0 Å². The Morgan fingerprint density at radius 3 is 2.38 bits per heavy atom. The monoisotopic (exact) mass is 331 g/mol. The van der Waals surface area contributed by atoms with Crippen LogP contribution in [0.25, 0.3) is 6.08 Å². The fourth-order valence-corrected chi connectivity index (χ4v) is 3.02. The Hall–Kier alpha value is -2.30. The molecule has 1 saturated heterocycles. The van der Waals surface area contributed by atoms with Crippen molar-refractivity contribution < 1.29 is 19.1 Å². The molecule has 5 nitrogen and oxygen atoms in total. The third kappa shape index (κ3) is 5.41. The number of hydrogen-bond donors (Lipinski definition) is 0. The number of esters is 1. The Labute approximate surface area is 143 Å². The first kappa shape index (κ1) is 18.0. The Balaban J connectivity index is 1.79. The fourth-order valence-electron chi connectivity index (χ4n) is 3.02. The lowest BCUT2D eigenvalue weighted by Gasteiger charge is -2.34. The van der Waals surface area contributed by atoms with Gasteiger partial charge in [0.25, 0.3) is 5.91 Å². The van der Waals surface area contributed by atoms with Gasteiger partial charge in [-0.25, -0.2) is 4.79 Å². The van der Waals surface area contributed by atoms with Gasteiger partial charge in [0.1, 0.15) is 5.75 Å². The van der Waals surface area contributed by atoms with E-state index in [2.05, 4.69) is 13.8 Å². The van der Waals surface area contributed by atoms with E-state index in [-0.39, 0.29) is 12.5 Å². The van der Waals surface area contributed by atoms with E-state index >= 15 is 0 Å². The maximum Gasteiger partial charge on any atom is 0.331 e. The summed E-state index contributed by atoms with van der Waals surface area (Å²) in [5, 5.41) is 0. The van der Waals surface area contributed by atoms with E-state index in [4.69, 9.17) is 9.47 Å². The molecule has 1 aromatic rings. The lowest BCUT2D eigenvalue weighted by Crippen LogP contribution is -2.44. The van der Waals surface area contributed by atoms with Crippen molar-refractivity contribution in [3.8, 4) is 5.75 Å². The molecular formula is C19H25NO4. The molecule has 0 bridgehead atoms. The highest BCUT2D eigenvalue weighted by Crippen LogP contribution is 2.20. The lowest BCUT2D eigenvalue weighted by molar-refractivity contribution is -0.149. The summed E-state index contributed by atoms with van der Waals surface area (Å²) in [6.45, 7) is 5.55. The van der Waals surface area contributed by atoms with Crippen molar-refractivity contribution in [2.24, 2.45) is 11.8 Å². The number of likely N-dealkylation sites (tertiary alicyclic amines) is 1. The molecule has 2 unspecified atom stereocenters. The third-order valence-corrected chi connectivity index (χ3v) is 4.09.